The van der Waals surface area contributed by atoms with Crippen LogP contribution in [0, 0.1) is 0 Å². The van der Waals surface area contributed by atoms with E-state index < -0.39 is 5.97 Å². The van der Waals surface area contributed by atoms with Gasteiger partial charge in [0.05, 0.1) is 18.0 Å². The molecular weight excluding hydrogens is 424 g/mol. The van der Waals surface area contributed by atoms with Crippen LogP contribution in [0.3, 0.4) is 0 Å². The Hall–Kier alpha value is -2.69. The standard InChI is InChI=1S/C29H42N2O3/c1-2-3-4-11-14-25-16-18-26(19-17-25)30-31-27-20-22-28(23-21-27)34-24-13-10-8-6-5-7-9-12-15-29(32)33/h16-23H,2-15,24H2,1H3,(H,32,33)/b31-30+. The van der Waals surface area contributed by atoms with E-state index in [1.54, 1.807) is 0 Å². The van der Waals surface area contributed by atoms with Crippen molar-refractivity contribution in [2.24, 2.45) is 10.2 Å². The Labute approximate surface area is 205 Å². The molecule has 0 fully saturated rings. The maximum absolute atomic E-state index is 10.5. The topological polar surface area (TPSA) is 71.2 Å². The lowest BCUT2D eigenvalue weighted by atomic mass is 10.1. The molecule has 0 radical (unpaired) electrons. The first-order valence-electron chi connectivity index (χ1n) is 13.1. The van der Waals surface area contributed by atoms with Crippen molar-refractivity contribution in [3.63, 3.8) is 0 Å². The second-order valence-corrected chi connectivity index (χ2v) is 8.99. The van der Waals surface area contributed by atoms with Crippen LogP contribution in [-0.4, -0.2) is 17.7 Å². The number of aliphatic carboxylic acids is 1. The summed E-state index contributed by atoms with van der Waals surface area (Å²) in [5.74, 6) is 0.178. The van der Waals surface area contributed by atoms with Crippen LogP contribution >= 0.6 is 0 Å². The summed E-state index contributed by atoms with van der Waals surface area (Å²) < 4.78 is 5.84. The van der Waals surface area contributed by atoms with Crippen LogP contribution < -0.4 is 4.74 Å². The number of carboxylic acids is 1. The van der Waals surface area contributed by atoms with Gasteiger partial charge in [-0.1, -0.05) is 76.8 Å². The molecule has 0 aromatic heterocycles. The number of aryl methyl sites for hydroxylation is 1. The van der Waals surface area contributed by atoms with E-state index in [1.807, 2.05) is 36.4 Å². The maximum atomic E-state index is 10.5. The molecule has 0 saturated carbocycles. The van der Waals surface area contributed by atoms with Crippen LogP contribution in [0.2, 0.25) is 0 Å². The van der Waals surface area contributed by atoms with Crippen LogP contribution in [0.15, 0.2) is 58.8 Å². The fourth-order valence-corrected chi connectivity index (χ4v) is 3.84. The highest BCUT2D eigenvalue weighted by Gasteiger charge is 1.99. The first-order valence-corrected chi connectivity index (χ1v) is 13.1. The summed E-state index contributed by atoms with van der Waals surface area (Å²) in [6.45, 7) is 2.97. The van der Waals surface area contributed by atoms with Crippen molar-refractivity contribution >= 4 is 17.3 Å². The van der Waals surface area contributed by atoms with E-state index in [0.717, 1.165) is 55.8 Å². The Kier molecular flexibility index (Phi) is 14.4. The van der Waals surface area contributed by atoms with Crippen LogP contribution in [0.4, 0.5) is 11.4 Å². The van der Waals surface area contributed by atoms with E-state index in [9.17, 15) is 4.79 Å². The quantitative estimate of drug-likeness (QED) is 0.166. The van der Waals surface area contributed by atoms with Crippen LogP contribution in [0.25, 0.3) is 0 Å². The Morgan fingerprint density at radius 2 is 1.24 bits per heavy atom. The summed E-state index contributed by atoms with van der Waals surface area (Å²) in [4.78, 5) is 10.5. The molecule has 5 nitrogen and oxygen atoms in total. The lowest BCUT2D eigenvalue weighted by Crippen LogP contribution is -1.97. The van der Waals surface area contributed by atoms with Crippen molar-refractivity contribution in [2.75, 3.05) is 6.61 Å². The molecule has 0 heterocycles. The summed E-state index contributed by atoms with van der Waals surface area (Å²) in [5.41, 5.74) is 3.06. The maximum Gasteiger partial charge on any atom is 0.303 e. The third-order valence-corrected chi connectivity index (χ3v) is 5.93. The Morgan fingerprint density at radius 3 is 1.82 bits per heavy atom. The summed E-state index contributed by atoms with van der Waals surface area (Å²) >= 11 is 0. The first kappa shape index (κ1) is 27.6. The zero-order chi connectivity index (χ0) is 24.3. The van der Waals surface area contributed by atoms with Crippen molar-refractivity contribution in [3.05, 3.63) is 54.1 Å². The molecule has 0 aliphatic heterocycles. The number of hydrogen-bond acceptors (Lipinski definition) is 4. The van der Waals surface area contributed by atoms with E-state index in [1.165, 1.54) is 56.9 Å². The molecule has 2 aromatic rings. The van der Waals surface area contributed by atoms with Gasteiger partial charge in [-0.2, -0.15) is 10.2 Å². The number of rotatable bonds is 19. The second kappa shape index (κ2) is 17.7. The molecule has 5 heteroatoms. The fraction of sp³-hybridized carbons (Fsp3) is 0.552. The normalized spacial score (nSPS) is 11.2. The van der Waals surface area contributed by atoms with Gasteiger partial charge in [-0.25, -0.2) is 0 Å². The second-order valence-electron chi connectivity index (χ2n) is 8.99. The molecular formula is C29H42N2O3. The van der Waals surface area contributed by atoms with Crippen LogP contribution in [0.1, 0.15) is 96.0 Å². The number of azo groups is 1. The molecule has 0 amide bonds. The lowest BCUT2D eigenvalue weighted by molar-refractivity contribution is -0.137. The number of unbranched alkanes of at least 4 members (excludes halogenated alkanes) is 10. The highest BCUT2D eigenvalue weighted by molar-refractivity contribution is 5.66. The molecule has 0 aliphatic rings. The van der Waals surface area contributed by atoms with Crippen LogP contribution in [0.5, 0.6) is 5.75 Å². The smallest absolute Gasteiger partial charge is 0.303 e. The minimum absolute atomic E-state index is 0.300. The molecule has 1 N–H and O–H groups in total. The Balaban J connectivity index is 1.56. The van der Waals surface area contributed by atoms with Gasteiger partial charge in [-0.05, 0) is 67.6 Å². The fourth-order valence-electron chi connectivity index (χ4n) is 3.84. The number of carboxylic acid groups (broad SMARTS) is 1. The van der Waals surface area contributed by atoms with Gasteiger partial charge in [0.1, 0.15) is 5.75 Å². The average molecular weight is 467 g/mol. The molecule has 0 saturated heterocycles. The molecule has 0 bridgehead atoms. The largest absolute Gasteiger partial charge is 0.494 e. The number of ether oxygens (including phenoxy) is 1. The Bertz CT molecular complexity index is 816. The molecule has 0 unspecified atom stereocenters. The van der Waals surface area contributed by atoms with E-state index in [0.29, 0.717) is 6.42 Å². The summed E-state index contributed by atoms with van der Waals surface area (Å²) in [5, 5.41) is 17.3. The van der Waals surface area contributed by atoms with Gasteiger partial charge in [-0.15, -0.1) is 0 Å². The van der Waals surface area contributed by atoms with E-state index >= 15 is 0 Å². The Morgan fingerprint density at radius 1 is 0.706 bits per heavy atom. The average Bonchev–Trinajstić information content (AvgIpc) is 2.85. The van der Waals surface area contributed by atoms with Crippen molar-refractivity contribution < 1.29 is 14.6 Å². The van der Waals surface area contributed by atoms with Gasteiger partial charge in [0, 0.05) is 6.42 Å². The van der Waals surface area contributed by atoms with Gasteiger partial charge in [0.2, 0.25) is 0 Å². The van der Waals surface area contributed by atoms with Gasteiger partial charge in [0.15, 0.2) is 0 Å². The van der Waals surface area contributed by atoms with Gasteiger partial charge in [0.25, 0.3) is 0 Å². The zero-order valence-corrected chi connectivity index (χ0v) is 20.9. The van der Waals surface area contributed by atoms with Crippen molar-refractivity contribution in [3.8, 4) is 5.75 Å². The molecule has 2 rings (SSSR count). The van der Waals surface area contributed by atoms with Gasteiger partial charge < -0.3 is 9.84 Å². The predicted octanol–water partition coefficient (Wildman–Crippen LogP) is 9.20. The minimum Gasteiger partial charge on any atom is -0.494 e. The van der Waals surface area contributed by atoms with E-state index in [-0.39, 0.29) is 0 Å². The molecule has 0 spiro atoms. The van der Waals surface area contributed by atoms with Gasteiger partial charge >= 0.3 is 5.97 Å². The summed E-state index contributed by atoms with van der Waals surface area (Å²) in [7, 11) is 0. The van der Waals surface area contributed by atoms with Crippen molar-refractivity contribution in [1.82, 2.24) is 0 Å². The molecule has 0 atom stereocenters. The van der Waals surface area contributed by atoms with Crippen molar-refractivity contribution in [1.29, 1.82) is 0 Å². The third kappa shape index (κ3) is 13.1. The number of nitrogens with zero attached hydrogens (tertiary/aromatic N) is 2. The minimum atomic E-state index is -0.687. The summed E-state index contributed by atoms with van der Waals surface area (Å²) in [6, 6.07) is 16.1. The molecule has 34 heavy (non-hydrogen) atoms. The predicted molar refractivity (Wildman–Crippen MR) is 140 cm³/mol. The summed E-state index contributed by atoms with van der Waals surface area (Å²) in [6.07, 6.45) is 15.4. The van der Waals surface area contributed by atoms with E-state index in [2.05, 4.69) is 29.3 Å². The number of benzene rings is 2. The zero-order valence-electron chi connectivity index (χ0n) is 20.9. The highest BCUT2D eigenvalue weighted by atomic mass is 16.5. The number of hydrogen-bond donors (Lipinski definition) is 1. The SMILES string of the molecule is CCCCCCc1ccc(/N=N/c2ccc(OCCCCCCCCCCC(=O)O)cc2)cc1. The number of carbonyl (C=O) groups is 1. The third-order valence-electron chi connectivity index (χ3n) is 5.93. The van der Waals surface area contributed by atoms with Crippen molar-refractivity contribution in [2.45, 2.75) is 96.8 Å². The van der Waals surface area contributed by atoms with Crippen LogP contribution in [-0.2, 0) is 11.2 Å². The molecule has 186 valence electrons. The van der Waals surface area contributed by atoms with Gasteiger partial charge in [-0.3, -0.25) is 4.79 Å². The first-order chi connectivity index (χ1) is 16.7. The molecule has 0 aliphatic carbocycles. The molecule has 2 aromatic carbocycles. The lowest BCUT2D eigenvalue weighted by Gasteiger charge is -2.06. The van der Waals surface area contributed by atoms with E-state index in [4.69, 9.17) is 9.84 Å². The highest BCUT2D eigenvalue weighted by Crippen LogP contribution is 2.22. The monoisotopic (exact) mass is 466 g/mol.